The summed E-state index contributed by atoms with van der Waals surface area (Å²) in [5.74, 6) is 0. The van der Waals surface area contributed by atoms with E-state index in [4.69, 9.17) is 0 Å². The van der Waals surface area contributed by atoms with Crippen molar-refractivity contribution in [2.75, 3.05) is 0 Å². The second-order valence-electron chi connectivity index (χ2n) is 14.8. The summed E-state index contributed by atoms with van der Waals surface area (Å²) in [4.78, 5) is 0. The maximum Gasteiger partial charge on any atom is 0.0992 e. The third-order valence-corrected chi connectivity index (χ3v) is 11.5. The first-order valence-electron chi connectivity index (χ1n) is 19.2. The normalized spacial score (nSPS) is 12.3. The number of allylic oxidation sites excluding steroid dienone is 1. The molecule has 10 rings (SSSR count). The van der Waals surface area contributed by atoms with E-state index in [0.29, 0.717) is 5.56 Å². The number of aromatic nitrogens is 1. The Kier molecular flexibility index (Phi) is 8.01. The van der Waals surface area contributed by atoms with Crippen molar-refractivity contribution < 1.29 is 0 Å². The number of hydrogen-bond donors (Lipinski definition) is 0. The number of para-hydroxylation sites is 1. The molecular formula is C53H38N2. The van der Waals surface area contributed by atoms with Gasteiger partial charge < -0.3 is 4.57 Å². The molecule has 8 aromatic carbocycles. The second-order valence-corrected chi connectivity index (χ2v) is 14.8. The van der Waals surface area contributed by atoms with Gasteiger partial charge in [0.15, 0.2) is 0 Å². The van der Waals surface area contributed by atoms with Crippen LogP contribution in [0.4, 0.5) is 0 Å². The van der Waals surface area contributed by atoms with Crippen LogP contribution in [0.3, 0.4) is 0 Å². The minimum atomic E-state index is 0.659. The van der Waals surface area contributed by atoms with Gasteiger partial charge in [0.2, 0.25) is 0 Å². The fraction of sp³-hybridized carbons (Fsp3) is 0.0755. The summed E-state index contributed by atoms with van der Waals surface area (Å²) in [6, 6.07) is 61.6. The highest BCUT2D eigenvalue weighted by Gasteiger charge is 2.17. The molecule has 1 heterocycles. The van der Waals surface area contributed by atoms with Crippen LogP contribution in [-0.2, 0) is 12.8 Å². The summed E-state index contributed by atoms with van der Waals surface area (Å²) in [7, 11) is 0. The Labute approximate surface area is 321 Å². The number of benzene rings is 8. The number of rotatable bonds is 6. The van der Waals surface area contributed by atoms with E-state index in [1.807, 2.05) is 18.2 Å². The van der Waals surface area contributed by atoms with Crippen molar-refractivity contribution in [2.45, 2.75) is 26.2 Å². The Morgan fingerprint density at radius 1 is 0.582 bits per heavy atom. The lowest BCUT2D eigenvalue weighted by Gasteiger charge is -2.20. The topological polar surface area (TPSA) is 28.7 Å². The molecule has 0 atom stereocenters. The molecule has 0 bridgehead atoms. The summed E-state index contributed by atoms with van der Waals surface area (Å²) in [5.41, 5.74) is 18.3. The third-order valence-electron chi connectivity index (χ3n) is 11.5. The van der Waals surface area contributed by atoms with Crippen LogP contribution in [0.1, 0.15) is 39.8 Å². The molecule has 0 spiro atoms. The molecule has 260 valence electrons. The summed E-state index contributed by atoms with van der Waals surface area (Å²) >= 11 is 0. The van der Waals surface area contributed by atoms with Gasteiger partial charge in [0.05, 0.1) is 22.7 Å². The Bertz CT molecular complexity index is 2990. The zero-order chi connectivity index (χ0) is 36.9. The van der Waals surface area contributed by atoms with Crippen LogP contribution in [0.2, 0.25) is 0 Å². The molecule has 0 fully saturated rings. The van der Waals surface area contributed by atoms with Gasteiger partial charge in [0.25, 0.3) is 0 Å². The molecule has 1 aromatic heterocycles. The number of hydrogen-bond acceptors (Lipinski definition) is 1. The zero-order valence-corrected chi connectivity index (χ0v) is 30.8. The molecule has 0 amide bonds. The summed E-state index contributed by atoms with van der Waals surface area (Å²) in [5, 5.41) is 14.5. The molecule has 0 radical (unpaired) electrons. The maximum atomic E-state index is 9.68. The number of nitrogens with zero attached hydrogens (tertiary/aromatic N) is 2. The molecule has 0 saturated carbocycles. The van der Waals surface area contributed by atoms with Crippen LogP contribution in [0.5, 0.6) is 0 Å². The minimum Gasteiger partial charge on any atom is -0.309 e. The van der Waals surface area contributed by atoms with Crippen molar-refractivity contribution in [1.29, 1.82) is 5.26 Å². The van der Waals surface area contributed by atoms with E-state index in [-0.39, 0.29) is 0 Å². The van der Waals surface area contributed by atoms with Gasteiger partial charge in [-0.2, -0.15) is 5.26 Å². The molecule has 1 aliphatic rings. The monoisotopic (exact) mass is 702 g/mol. The molecule has 0 saturated heterocycles. The predicted octanol–water partition coefficient (Wildman–Crippen LogP) is 13.7. The van der Waals surface area contributed by atoms with Crippen molar-refractivity contribution >= 4 is 38.7 Å². The highest BCUT2D eigenvalue weighted by molar-refractivity contribution is 6.11. The molecule has 1 aliphatic carbocycles. The molecule has 0 N–H and O–H groups in total. The Hall–Kier alpha value is -6.95. The maximum absolute atomic E-state index is 9.68. The van der Waals surface area contributed by atoms with E-state index in [1.165, 1.54) is 77.4 Å². The van der Waals surface area contributed by atoms with E-state index < -0.39 is 0 Å². The minimum absolute atomic E-state index is 0.659. The van der Waals surface area contributed by atoms with E-state index in [9.17, 15) is 5.26 Å². The quantitative estimate of drug-likeness (QED) is 0.170. The molecule has 55 heavy (non-hydrogen) atoms. The highest BCUT2D eigenvalue weighted by atomic mass is 15.0. The van der Waals surface area contributed by atoms with Crippen LogP contribution in [0.25, 0.3) is 77.7 Å². The van der Waals surface area contributed by atoms with E-state index in [0.717, 1.165) is 41.4 Å². The third kappa shape index (κ3) is 5.82. The Morgan fingerprint density at radius 2 is 1.31 bits per heavy atom. The van der Waals surface area contributed by atoms with Gasteiger partial charge in [-0.1, -0.05) is 127 Å². The van der Waals surface area contributed by atoms with Gasteiger partial charge in [-0.25, -0.2) is 0 Å². The van der Waals surface area contributed by atoms with Gasteiger partial charge in [-0.15, -0.1) is 0 Å². The number of nitriles is 1. The van der Waals surface area contributed by atoms with Crippen molar-refractivity contribution in [1.82, 2.24) is 4.57 Å². The molecule has 0 aliphatic heterocycles. The predicted molar refractivity (Wildman–Crippen MR) is 231 cm³/mol. The molecule has 9 aromatic rings. The standard InChI is InChI=1S/C53H38N2/c1-35-47-15-9-8-12-40(47)23-26-48(35)50-32-43-22-21-41(30-44(43)31-45(50)28-36-10-4-2-5-11-36)38-17-19-39(20-18-38)42-24-27-52-51(33-42)49-25-16-37(34-54)29-53(49)55(52)46-13-6-3-7-14-46/h2-8,10-14,16-27,29-33H,9,15,28H2,1H3. The highest BCUT2D eigenvalue weighted by Crippen LogP contribution is 2.39. The fourth-order valence-corrected chi connectivity index (χ4v) is 8.71. The summed E-state index contributed by atoms with van der Waals surface area (Å²) in [6.07, 6.45) is 7.67. The first-order valence-corrected chi connectivity index (χ1v) is 19.2. The Morgan fingerprint density at radius 3 is 2.09 bits per heavy atom. The average Bonchev–Trinajstić information content (AvgIpc) is 3.57. The van der Waals surface area contributed by atoms with E-state index in [2.05, 4.69) is 175 Å². The lowest BCUT2D eigenvalue weighted by atomic mass is 9.84. The SMILES string of the molecule is Cc1c(-c2cc3ccc(-c4ccc(-c5ccc6c(c5)c5ccc(C#N)cc5n6-c5ccccc5)cc4)cc3cc2Cc2ccccc2)ccc2c1CCC=C2. The van der Waals surface area contributed by atoms with E-state index >= 15 is 0 Å². The summed E-state index contributed by atoms with van der Waals surface area (Å²) in [6.45, 7) is 2.31. The van der Waals surface area contributed by atoms with Crippen molar-refractivity contribution in [2.24, 2.45) is 0 Å². The average molecular weight is 703 g/mol. The second kappa shape index (κ2) is 13.5. The zero-order valence-electron chi connectivity index (χ0n) is 30.8. The lowest BCUT2D eigenvalue weighted by Crippen LogP contribution is -2.01. The largest absolute Gasteiger partial charge is 0.309 e. The van der Waals surface area contributed by atoms with Gasteiger partial charge in [-0.3, -0.25) is 0 Å². The van der Waals surface area contributed by atoms with Crippen LogP contribution in [0.15, 0.2) is 170 Å². The lowest BCUT2D eigenvalue weighted by molar-refractivity contribution is 0.971. The van der Waals surface area contributed by atoms with Gasteiger partial charge in [0.1, 0.15) is 0 Å². The van der Waals surface area contributed by atoms with E-state index in [1.54, 1.807) is 0 Å². The van der Waals surface area contributed by atoms with Crippen molar-refractivity contribution in [3.05, 3.63) is 203 Å². The molecule has 2 heteroatoms. The summed E-state index contributed by atoms with van der Waals surface area (Å²) < 4.78 is 2.26. The first-order chi connectivity index (χ1) is 27.1. The molecule has 2 nitrogen and oxygen atoms in total. The van der Waals surface area contributed by atoms with Gasteiger partial charge in [0, 0.05) is 16.5 Å². The molecular weight excluding hydrogens is 665 g/mol. The Balaban J connectivity index is 1.02. The van der Waals surface area contributed by atoms with Crippen LogP contribution in [-0.4, -0.2) is 4.57 Å². The number of fused-ring (bicyclic) bond motifs is 5. The van der Waals surface area contributed by atoms with Gasteiger partial charge >= 0.3 is 0 Å². The van der Waals surface area contributed by atoms with Crippen molar-refractivity contribution in [3.8, 4) is 45.1 Å². The molecule has 0 unspecified atom stereocenters. The van der Waals surface area contributed by atoms with Crippen LogP contribution < -0.4 is 0 Å². The van der Waals surface area contributed by atoms with Crippen LogP contribution >= 0.6 is 0 Å². The fourth-order valence-electron chi connectivity index (χ4n) is 8.71. The first kappa shape index (κ1) is 32.7. The smallest absolute Gasteiger partial charge is 0.0992 e. The van der Waals surface area contributed by atoms with Gasteiger partial charge in [-0.05, 0) is 147 Å². The van der Waals surface area contributed by atoms with Crippen LogP contribution in [0, 0.1) is 18.3 Å². The van der Waals surface area contributed by atoms with Crippen molar-refractivity contribution in [3.63, 3.8) is 0 Å².